The highest BCUT2D eigenvalue weighted by molar-refractivity contribution is 14.1. The molecule has 0 bridgehead atoms. The van der Waals surface area contributed by atoms with Crippen LogP contribution in [0.25, 0.3) is 0 Å². The van der Waals surface area contributed by atoms with Crippen molar-refractivity contribution in [2.45, 2.75) is 29.4 Å². The van der Waals surface area contributed by atoms with E-state index in [1.807, 2.05) is 37.4 Å². The predicted octanol–water partition coefficient (Wildman–Crippen LogP) is 3.75. The molecule has 1 aliphatic rings. The third-order valence-electron chi connectivity index (χ3n) is 3.64. The second kappa shape index (κ2) is 8.32. The van der Waals surface area contributed by atoms with Crippen molar-refractivity contribution in [2.24, 2.45) is 5.73 Å². The number of amides is 1. The van der Waals surface area contributed by atoms with Crippen LogP contribution < -0.4 is 11.1 Å². The minimum absolute atomic E-state index is 0. The zero-order valence-electron chi connectivity index (χ0n) is 12.5. The van der Waals surface area contributed by atoms with Crippen LogP contribution >= 0.6 is 47.4 Å². The number of rotatable bonds is 4. The van der Waals surface area contributed by atoms with Crippen molar-refractivity contribution in [3.63, 3.8) is 0 Å². The summed E-state index contributed by atoms with van der Waals surface area (Å²) in [5, 5.41) is 7.08. The Bertz CT molecular complexity index is 677. The van der Waals surface area contributed by atoms with Crippen molar-refractivity contribution in [3.05, 3.63) is 47.8 Å². The van der Waals surface area contributed by atoms with Crippen LogP contribution in [0.2, 0.25) is 0 Å². The number of aromatic nitrogens is 2. The molecule has 0 spiro atoms. The van der Waals surface area contributed by atoms with Crippen LogP contribution in [-0.2, 0) is 0 Å². The Morgan fingerprint density at radius 3 is 2.74 bits per heavy atom. The van der Waals surface area contributed by atoms with Crippen molar-refractivity contribution in [1.82, 2.24) is 9.78 Å². The fraction of sp³-hybridized carbons (Fsp3) is 0.333. The fourth-order valence-electron chi connectivity index (χ4n) is 2.31. The van der Waals surface area contributed by atoms with Crippen molar-refractivity contribution in [1.29, 1.82) is 0 Å². The van der Waals surface area contributed by atoms with E-state index in [2.05, 4.69) is 33.0 Å². The molecule has 0 radical (unpaired) electrons. The lowest BCUT2D eigenvalue weighted by molar-refractivity contribution is 0.102. The molecule has 1 heterocycles. The average molecular weight is 469 g/mol. The summed E-state index contributed by atoms with van der Waals surface area (Å²) >= 11 is 2.26. The van der Waals surface area contributed by atoms with Gasteiger partial charge in [-0.05, 0) is 31.0 Å². The number of halogens is 3. The monoisotopic (exact) mass is 468 g/mol. The zero-order valence-corrected chi connectivity index (χ0v) is 16.3. The molecule has 1 aromatic carbocycles. The molecule has 2 aromatic rings. The molecule has 3 unspecified atom stereocenters. The van der Waals surface area contributed by atoms with E-state index >= 15 is 0 Å². The van der Waals surface area contributed by atoms with Gasteiger partial charge in [-0.2, -0.15) is 5.10 Å². The summed E-state index contributed by atoms with van der Waals surface area (Å²) in [4.78, 5) is 12.3. The highest BCUT2D eigenvalue weighted by Crippen LogP contribution is 2.39. The number of hydrogen-bond acceptors (Lipinski definition) is 3. The van der Waals surface area contributed by atoms with Gasteiger partial charge >= 0.3 is 0 Å². The largest absolute Gasteiger partial charge is 0.327 e. The van der Waals surface area contributed by atoms with Gasteiger partial charge < -0.3 is 11.1 Å². The van der Waals surface area contributed by atoms with Gasteiger partial charge in [-0.25, -0.2) is 0 Å². The second-order valence-corrected chi connectivity index (χ2v) is 7.17. The number of nitrogens with one attached hydrogen (secondary N) is 1. The van der Waals surface area contributed by atoms with Gasteiger partial charge in [0, 0.05) is 23.7 Å². The lowest BCUT2D eigenvalue weighted by atomic mass is 10.1. The third-order valence-corrected chi connectivity index (χ3v) is 4.21. The molecule has 0 saturated heterocycles. The number of carbonyl (C=O) groups is 1. The van der Waals surface area contributed by atoms with Crippen LogP contribution in [0, 0.1) is 0 Å². The summed E-state index contributed by atoms with van der Waals surface area (Å²) < 4.78 is 2.04. The number of carbonyl (C=O) groups excluding carboxylic acids is 1. The van der Waals surface area contributed by atoms with Gasteiger partial charge in [0.15, 0.2) is 0 Å². The van der Waals surface area contributed by atoms with Gasteiger partial charge in [0.05, 0.1) is 11.9 Å². The van der Waals surface area contributed by atoms with Crippen LogP contribution in [0.5, 0.6) is 0 Å². The molecule has 0 aliphatic heterocycles. The topological polar surface area (TPSA) is 72.9 Å². The maximum Gasteiger partial charge on any atom is 0.255 e. The van der Waals surface area contributed by atoms with Gasteiger partial charge in [-0.3, -0.25) is 9.48 Å². The predicted molar refractivity (Wildman–Crippen MR) is 105 cm³/mol. The first-order chi connectivity index (χ1) is 10.0. The molecule has 23 heavy (non-hydrogen) atoms. The molecule has 8 heteroatoms. The van der Waals surface area contributed by atoms with E-state index in [0.29, 0.717) is 17.2 Å². The van der Waals surface area contributed by atoms with Crippen LogP contribution in [0.3, 0.4) is 0 Å². The minimum atomic E-state index is -0.119. The number of hydrogen-bond donors (Lipinski definition) is 2. The summed E-state index contributed by atoms with van der Waals surface area (Å²) in [5.41, 5.74) is 8.37. The molecule has 1 fully saturated rings. The van der Waals surface area contributed by atoms with Gasteiger partial charge in [-0.1, -0.05) is 34.7 Å². The molecule has 126 valence electrons. The first-order valence-corrected chi connectivity index (χ1v) is 8.14. The number of nitrogens with zero attached hydrogens (tertiary/aromatic N) is 2. The lowest BCUT2D eigenvalue weighted by Gasteiger charge is -2.05. The number of nitrogens with two attached hydrogens (primary N) is 1. The summed E-state index contributed by atoms with van der Waals surface area (Å²) in [6, 6.07) is 7.93. The normalized spacial score (nSPS) is 20.0. The molecule has 1 saturated carbocycles. The third kappa shape index (κ3) is 4.82. The Morgan fingerprint density at radius 1 is 1.48 bits per heavy atom. The zero-order chi connectivity index (χ0) is 15.0. The van der Waals surface area contributed by atoms with E-state index in [9.17, 15) is 4.79 Å². The number of alkyl halides is 1. The molecular formula is C15H19Cl2IN4O. The van der Waals surface area contributed by atoms with E-state index in [1.54, 1.807) is 10.9 Å². The van der Waals surface area contributed by atoms with Crippen LogP contribution in [0.4, 0.5) is 5.69 Å². The van der Waals surface area contributed by atoms with Crippen molar-refractivity contribution in [2.75, 3.05) is 5.32 Å². The molecule has 1 amide bonds. The summed E-state index contributed by atoms with van der Waals surface area (Å²) in [7, 11) is 0. The highest BCUT2D eigenvalue weighted by Gasteiger charge is 2.34. The number of anilines is 1. The van der Waals surface area contributed by atoms with Crippen LogP contribution in [0.1, 0.15) is 39.2 Å². The Kier molecular flexibility index (Phi) is 7.31. The SMILES string of the molecule is CC(I)n1cc(NC(=O)c2cccc(C3CC3N)c2)cn1.Cl.Cl. The Labute approximate surface area is 161 Å². The van der Waals surface area contributed by atoms with Crippen molar-refractivity contribution < 1.29 is 4.79 Å². The van der Waals surface area contributed by atoms with E-state index < -0.39 is 0 Å². The average Bonchev–Trinajstić information content (AvgIpc) is 3.00. The van der Waals surface area contributed by atoms with E-state index in [-0.39, 0.29) is 40.8 Å². The smallest absolute Gasteiger partial charge is 0.255 e. The molecule has 3 rings (SSSR count). The van der Waals surface area contributed by atoms with Gasteiger partial charge in [0.25, 0.3) is 5.91 Å². The fourth-order valence-corrected chi connectivity index (χ4v) is 2.61. The Balaban J connectivity index is 0.00000132. The standard InChI is InChI=1S/C15H17IN4O.2ClH/c1-9(16)20-8-12(7-18-20)19-15(21)11-4-2-3-10(5-11)13-6-14(13)17;;/h2-5,7-9,13-14H,6,17H2,1H3,(H,19,21);2*1H. The van der Waals surface area contributed by atoms with E-state index in [4.69, 9.17) is 5.73 Å². The summed E-state index contributed by atoms with van der Waals surface area (Å²) in [6.07, 6.45) is 4.49. The molecule has 5 nitrogen and oxygen atoms in total. The Hall–Kier alpha value is -0.830. The molecule has 3 N–H and O–H groups in total. The maximum absolute atomic E-state index is 12.3. The van der Waals surface area contributed by atoms with Gasteiger partial charge in [-0.15, -0.1) is 24.8 Å². The Morgan fingerprint density at radius 2 is 2.17 bits per heavy atom. The quantitative estimate of drug-likeness (QED) is 0.530. The highest BCUT2D eigenvalue weighted by atomic mass is 127. The van der Waals surface area contributed by atoms with Gasteiger partial charge in [0.1, 0.15) is 4.05 Å². The molecule has 1 aromatic heterocycles. The minimum Gasteiger partial charge on any atom is -0.327 e. The van der Waals surface area contributed by atoms with Crippen molar-refractivity contribution in [3.8, 4) is 0 Å². The van der Waals surface area contributed by atoms with Crippen molar-refractivity contribution >= 4 is 59.0 Å². The van der Waals surface area contributed by atoms with E-state index in [1.165, 1.54) is 0 Å². The molecular weight excluding hydrogens is 450 g/mol. The summed E-state index contributed by atoms with van der Waals surface area (Å²) in [5.74, 6) is 0.284. The summed E-state index contributed by atoms with van der Waals surface area (Å²) in [6.45, 7) is 2.03. The second-order valence-electron chi connectivity index (χ2n) is 5.37. The first-order valence-electron chi connectivity index (χ1n) is 6.89. The van der Waals surface area contributed by atoms with Crippen LogP contribution in [0.15, 0.2) is 36.7 Å². The maximum atomic E-state index is 12.3. The van der Waals surface area contributed by atoms with E-state index in [0.717, 1.165) is 12.0 Å². The molecule has 3 atom stereocenters. The first kappa shape index (κ1) is 20.2. The number of benzene rings is 1. The van der Waals surface area contributed by atoms with Gasteiger partial charge in [0.2, 0.25) is 0 Å². The lowest BCUT2D eigenvalue weighted by Crippen LogP contribution is -2.12. The van der Waals surface area contributed by atoms with Crippen LogP contribution in [-0.4, -0.2) is 21.7 Å². The molecule has 1 aliphatic carbocycles.